The van der Waals surface area contributed by atoms with Crippen LogP contribution in [-0.4, -0.2) is 9.13 Å². The Bertz CT molecular complexity index is 2140. The van der Waals surface area contributed by atoms with Crippen LogP contribution in [0.25, 0.3) is 76.6 Å². The summed E-state index contributed by atoms with van der Waals surface area (Å²) in [6.45, 7) is 4.31. The fourth-order valence-corrected chi connectivity index (χ4v) is 6.85. The fraction of sp³-hybridized carbons (Fsp3) is 0.105. The average molecular weight is 515 g/mol. The second kappa shape index (κ2) is 8.34. The topological polar surface area (TPSA) is 9.86 Å². The third-order valence-electron chi connectivity index (χ3n) is 8.82. The maximum atomic E-state index is 2.39. The van der Waals surface area contributed by atoms with E-state index in [1.54, 1.807) is 0 Å². The smallest absolute Gasteiger partial charge is 0.0569 e. The van der Waals surface area contributed by atoms with Crippen molar-refractivity contribution in [3.05, 3.63) is 120 Å². The van der Waals surface area contributed by atoms with E-state index in [1.807, 2.05) is 0 Å². The van der Waals surface area contributed by atoms with Crippen LogP contribution >= 0.6 is 0 Å². The number of hydrogen-bond acceptors (Lipinski definition) is 0. The van der Waals surface area contributed by atoms with Crippen molar-refractivity contribution in [1.29, 1.82) is 0 Å². The first-order chi connectivity index (χ1) is 19.5. The van der Waals surface area contributed by atoms with Crippen LogP contribution in [0.2, 0.25) is 0 Å². The molecule has 0 saturated heterocycles. The van der Waals surface area contributed by atoms with E-state index in [-0.39, 0.29) is 0 Å². The van der Waals surface area contributed by atoms with Crippen LogP contribution in [0.15, 0.2) is 109 Å². The summed E-state index contributed by atoms with van der Waals surface area (Å²) < 4.78 is 4.77. The molecule has 0 spiro atoms. The van der Waals surface area contributed by atoms with Crippen molar-refractivity contribution in [2.24, 2.45) is 14.1 Å². The van der Waals surface area contributed by atoms with Gasteiger partial charge in [-0.25, -0.2) is 0 Å². The Morgan fingerprint density at radius 3 is 1.12 bits per heavy atom. The molecule has 2 heteroatoms. The molecule has 0 bridgehead atoms. The van der Waals surface area contributed by atoms with E-state index < -0.39 is 0 Å². The molecule has 0 saturated carbocycles. The summed E-state index contributed by atoms with van der Waals surface area (Å²) in [6.07, 6.45) is 0. The van der Waals surface area contributed by atoms with Gasteiger partial charge in [0.05, 0.1) is 11.0 Å². The predicted octanol–water partition coefficient (Wildman–Crippen LogP) is 10.1. The number of hydrogen-bond donors (Lipinski definition) is 0. The zero-order valence-corrected chi connectivity index (χ0v) is 23.3. The molecule has 2 heterocycles. The molecule has 192 valence electrons. The van der Waals surface area contributed by atoms with E-state index in [2.05, 4.69) is 146 Å². The third-order valence-corrected chi connectivity index (χ3v) is 8.82. The van der Waals surface area contributed by atoms with Crippen LogP contribution in [0.4, 0.5) is 0 Å². The van der Waals surface area contributed by atoms with Crippen LogP contribution in [0.3, 0.4) is 0 Å². The zero-order valence-electron chi connectivity index (χ0n) is 23.3. The van der Waals surface area contributed by atoms with Crippen molar-refractivity contribution < 1.29 is 0 Å². The van der Waals surface area contributed by atoms with Crippen molar-refractivity contribution in [2.45, 2.75) is 13.8 Å². The summed E-state index contributed by atoms with van der Waals surface area (Å²) in [7, 11) is 4.42. The van der Waals surface area contributed by atoms with Gasteiger partial charge in [-0.1, -0.05) is 108 Å². The van der Waals surface area contributed by atoms with Gasteiger partial charge in [-0.15, -0.1) is 0 Å². The molecule has 0 amide bonds. The average Bonchev–Trinajstić information content (AvgIpc) is 3.43. The summed E-state index contributed by atoms with van der Waals surface area (Å²) in [6, 6.07) is 40.6. The molecule has 0 N–H and O–H groups in total. The molecule has 8 rings (SSSR count). The molecule has 0 atom stereocenters. The lowest BCUT2D eigenvalue weighted by Crippen LogP contribution is -1.91. The summed E-state index contributed by atoms with van der Waals surface area (Å²) in [5, 5.41) is 7.81. The van der Waals surface area contributed by atoms with Crippen molar-refractivity contribution in [2.75, 3.05) is 0 Å². The van der Waals surface area contributed by atoms with Crippen LogP contribution in [0.1, 0.15) is 11.1 Å². The summed E-state index contributed by atoms with van der Waals surface area (Å²) in [5.74, 6) is 0. The van der Waals surface area contributed by atoms with Gasteiger partial charge < -0.3 is 9.13 Å². The minimum atomic E-state index is 1.26. The largest absolute Gasteiger partial charge is 0.343 e. The second-order valence-electron chi connectivity index (χ2n) is 11.3. The first-order valence-corrected chi connectivity index (χ1v) is 14.0. The molecule has 0 radical (unpaired) electrons. The standard InChI is InChI=1S/C38H30N2/c1-23-7-5-9-25(19-23)27-11-13-29-31-15-17-34-33(37(31)39(3)35(29)21-27)18-16-32-30-14-12-28(22-36(30)40(4)38(32)34)26-10-6-8-24(2)20-26/h5-22H,1-4H3. The van der Waals surface area contributed by atoms with E-state index in [0.717, 1.165) is 0 Å². The Balaban J connectivity index is 1.38. The quantitative estimate of drug-likeness (QED) is 0.217. The van der Waals surface area contributed by atoms with Crippen molar-refractivity contribution in [1.82, 2.24) is 9.13 Å². The second-order valence-corrected chi connectivity index (χ2v) is 11.3. The monoisotopic (exact) mass is 514 g/mol. The normalized spacial score (nSPS) is 12.0. The minimum Gasteiger partial charge on any atom is -0.343 e. The van der Waals surface area contributed by atoms with Gasteiger partial charge in [0.15, 0.2) is 0 Å². The molecule has 40 heavy (non-hydrogen) atoms. The molecule has 0 aliphatic carbocycles. The Labute approximate surface area is 233 Å². The number of nitrogens with zero attached hydrogens (tertiary/aromatic N) is 2. The molecule has 0 aliphatic heterocycles. The number of benzene rings is 6. The first-order valence-electron chi connectivity index (χ1n) is 14.0. The van der Waals surface area contributed by atoms with E-state index in [4.69, 9.17) is 0 Å². The summed E-state index contributed by atoms with van der Waals surface area (Å²) in [5.41, 5.74) is 12.7. The van der Waals surface area contributed by atoms with Gasteiger partial charge in [-0.3, -0.25) is 0 Å². The molecule has 0 aliphatic rings. The highest BCUT2D eigenvalue weighted by atomic mass is 15.0. The predicted molar refractivity (Wildman–Crippen MR) is 172 cm³/mol. The Kier molecular flexibility index (Phi) is 4.82. The van der Waals surface area contributed by atoms with E-state index in [1.165, 1.54) is 87.8 Å². The van der Waals surface area contributed by atoms with Gasteiger partial charge in [-0.05, 0) is 48.2 Å². The molecule has 0 unspecified atom stereocenters. The molecular weight excluding hydrogens is 484 g/mol. The third kappa shape index (κ3) is 3.23. The van der Waals surface area contributed by atoms with Crippen LogP contribution in [0.5, 0.6) is 0 Å². The van der Waals surface area contributed by atoms with Gasteiger partial charge in [-0.2, -0.15) is 0 Å². The van der Waals surface area contributed by atoms with E-state index in [9.17, 15) is 0 Å². The Hall–Kier alpha value is -4.82. The number of aromatic nitrogens is 2. The van der Waals surface area contributed by atoms with Crippen LogP contribution in [-0.2, 0) is 14.1 Å². The van der Waals surface area contributed by atoms with Gasteiger partial charge in [0.1, 0.15) is 0 Å². The lowest BCUT2D eigenvalue weighted by molar-refractivity contribution is 1.02. The molecule has 8 aromatic rings. The highest BCUT2D eigenvalue weighted by molar-refractivity contribution is 6.25. The molecule has 2 aromatic heterocycles. The van der Waals surface area contributed by atoms with Gasteiger partial charge in [0.2, 0.25) is 0 Å². The Morgan fingerprint density at radius 2 is 0.725 bits per heavy atom. The highest BCUT2D eigenvalue weighted by Gasteiger charge is 2.17. The highest BCUT2D eigenvalue weighted by Crippen LogP contribution is 2.40. The van der Waals surface area contributed by atoms with Gasteiger partial charge in [0, 0.05) is 57.4 Å². The number of fused-ring (bicyclic) bond motifs is 9. The van der Waals surface area contributed by atoms with Gasteiger partial charge in [0.25, 0.3) is 0 Å². The maximum Gasteiger partial charge on any atom is 0.0569 e. The van der Waals surface area contributed by atoms with Crippen LogP contribution in [0, 0.1) is 13.8 Å². The van der Waals surface area contributed by atoms with Crippen molar-refractivity contribution in [3.8, 4) is 22.3 Å². The molecule has 0 fully saturated rings. The molecule has 2 nitrogen and oxygen atoms in total. The zero-order chi connectivity index (χ0) is 27.1. The minimum absolute atomic E-state index is 1.26. The van der Waals surface area contributed by atoms with E-state index in [0.29, 0.717) is 0 Å². The number of aryl methyl sites for hydroxylation is 4. The maximum absolute atomic E-state index is 2.39. The lowest BCUT2D eigenvalue weighted by atomic mass is 10.00. The summed E-state index contributed by atoms with van der Waals surface area (Å²) >= 11 is 0. The summed E-state index contributed by atoms with van der Waals surface area (Å²) in [4.78, 5) is 0. The van der Waals surface area contributed by atoms with Gasteiger partial charge >= 0.3 is 0 Å². The molecular formula is C38H30N2. The number of rotatable bonds is 2. The SMILES string of the molecule is Cc1cccc(-c2ccc3c4ccc5c(ccc6c7ccc(-c8cccc(C)c8)cc7n(C)c65)c4n(C)c3c2)c1. The van der Waals surface area contributed by atoms with Crippen molar-refractivity contribution in [3.63, 3.8) is 0 Å². The first kappa shape index (κ1) is 23.1. The molecule has 6 aromatic carbocycles. The van der Waals surface area contributed by atoms with Crippen LogP contribution < -0.4 is 0 Å². The van der Waals surface area contributed by atoms with E-state index >= 15 is 0 Å². The van der Waals surface area contributed by atoms with Crippen molar-refractivity contribution >= 4 is 54.4 Å². The lowest BCUT2D eigenvalue weighted by Gasteiger charge is -2.07. The fourth-order valence-electron chi connectivity index (χ4n) is 6.85. The Morgan fingerprint density at radius 1 is 0.375 bits per heavy atom.